The lowest BCUT2D eigenvalue weighted by Gasteiger charge is -2.11. The molecule has 0 aliphatic heterocycles. The molecular formula is C19H24ClN5O3. The van der Waals surface area contributed by atoms with Gasteiger partial charge in [-0.1, -0.05) is 30.7 Å². The number of nitrogens with zero attached hydrogens (tertiary/aromatic N) is 4. The number of aliphatic hydroxyl groups excluding tert-OH is 1. The maximum Gasteiger partial charge on any atom is 0.332 e. The van der Waals surface area contributed by atoms with E-state index in [9.17, 15) is 9.59 Å². The van der Waals surface area contributed by atoms with E-state index >= 15 is 0 Å². The average Bonchev–Trinajstić information content (AvgIpc) is 3.05. The van der Waals surface area contributed by atoms with Gasteiger partial charge in [-0.15, -0.1) is 0 Å². The minimum atomic E-state index is -0.441. The van der Waals surface area contributed by atoms with E-state index in [0.717, 1.165) is 16.6 Å². The van der Waals surface area contributed by atoms with Gasteiger partial charge in [-0.25, -0.2) is 4.79 Å². The highest BCUT2D eigenvalue weighted by molar-refractivity contribution is 6.30. The van der Waals surface area contributed by atoms with Gasteiger partial charge >= 0.3 is 5.69 Å². The third-order valence-corrected chi connectivity index (χ3v) is 4.81. The van der Waals surface area contributed by atoms with E-state index in [1.54, 1.807) is 23.7 Å². The molecule has 3 aromatic rings. The number of halogens is 1. The van der Waals surface area contributed by atoms with Gasteiger partial charge in [0.2, 0.25) is 5.95 Å². The summed E-state index contributed by atoms with van der Waals surface area (Å²) in [4.78, 5) is 30.3. The van der Waals surface area contributed by atoms with Crippen molar-refractivity contribution in [1.29, 1.82) is 0 Å². The molecule has 0 radical (unpaired) electrons. The second kappa shape index (κ2) is 8.62. The second-order valence-corrected chi connectivity index (χ2v) is 7.06. The molecule has 9 heteroatoms. The van der Waals surface area contributed by atoms with Gasteiger partial charge in [0.05, 0.1) is 6.54 Å². The van der Waals surface area contributed by atoms with Gasteiger partial charge in [-0.2, -0.15) is 4.98 Å². The van der Waals surface area contributed by atoms with Crippen LogP contribution in [0.3, 0.4) is 0 Å². The number of hydrogen-bond acceptors (Lipinski definition) is 5. The van der Waals surface area contributed by atoms with E-state index in [1.165, 1.54) is 4.57 Å². The van der Waals surface area contributed by atoms with Gasteiger partial charge in [0.1, 0.15) is 0 Å². The van der Waals surface area contributed by atoms with Crippen LogP contribution in [0.1, 0.15) is 25.3 Å². The Hall–Kier alpha value is -2.58. The largest absolute Gasteiger partial charge is 0.396 e. The first kappa shape index (κ1) is 20.2. The molecule has 1 aromatic carbocycles. The summed E-state index contributed by atoms with van der Waals surface area (Å²) in [6, 6.07) is 7.38. The predicted molar refractivity (Wildman–Crippen MR) is 110 cm³/mol. The lowest BCUT2D eigenvalue weighted by Crippen LogP contribution is -2.39. The summed E-state index contributed by atoms with van der Waals surface area (Å²) in [5.74, 6) is 0.541. The minimum Gasteiger partial charge on any atom is -0.396 e. The van der Waals surface area contributed by atoms with Gasteiger partial charge in [-0.3, -0.25) is 18.5 Å². The Balaban J connectivity index is 2.22. The van der Waals surface area contributed by atoms with Crippen LogP contribution in [0.5, 0.6) is 0 Å². The van der Waals surface area contributed by atoms with Crippen molar-refractivity contribution in [2.24, 2.45) is 7.05 Å². The number of benzene rings is 1. The number of nitrogens with one attached hydrogen (secondary N) is 1. The molecule has 2 heterocycles. The van der Waals surface area contributed by atoms with Crippen molar-refractivity contribution in [1.82, 2.24) is 18.7 Å². The van der Waals surface area contributed by atoms with E-state index < -0.39 is 11.2 Å². The van der Waals surface area contributed by atoms with Gasteiger partial charge in [0.25, 0.3) is 5.56 Å². The molecule has 28 heavy (non-hydrogen) atoms. The molecule has 2 aromatic heterocycles. The highest BCUT2D eigenvalue weighted by atomic mass is 35.5. The van der Waals surface area contributed by atoms with Crippen molar-refractivity contribution < 1.29 is 5.11 Å². The number of aryl methyl sites for hydroxylation is 1. The van der Waals surface area contributed by atoms with Gasteiger partial charge < -0.3 is 10.4 Å². The number of imidazole rings is 1. The van der Waals surface area contributed by atoms with Crippen LogP contribution in [-0.4, -0.2) is 36.9 Å². The maximum atomic E-state index is 13.1. The molecule has 0 saturated heterocycles. The summed E-state index contributed by atoms with van der Waals surface area (Å²) in [6.45, 7) is 3.20. The lowest BCUT2D eigenvalue weighted by molar-refractivity contribution is 0.277. The van der Waals surface area contributed by atoms with Crippen LogP contribution in [0.2, 0.25) is 5.02 Å². The Labute approximate surface area is 167 Å². The maximum absolute atomic E-state index is 13.1. The van der Waals surface area contributed by atoms with Crippen molar-refractivity contribution >= 4 is 28.7 Å². The van der Waals surface area contributed by atoms with Crippen LogP contribution in [-0.2, 0) is 20.1 Å². The van der Waals surface area contributed by atoms with Gasteiger partial charge in [0.15, 0.2) is 11.2 Å². The average molecular weight is 406 g/mol. The van der Waals surface area contributed by atoms with Crippen molar-refractivity contribution in [2.75, 3.05) is 18.5 Å². The summed E-state index contributed by atoms with van der Waals surface area (Å²) < 4.78 is 4.33. The van der Waals surface area contributed by atoms with E-state index in [1.807, 2.05) is 19.1 Å². The first-order valence-corrected chi connectivity index (χ1v) is 9.65. The Morgan fingerprint density at radius 3 is 2.54 bits per heavy atom. The molecule has 2 N–H and O–H groups in total. The topological polar surface area (TPSA) is 94.1 Å². The molecule has 3 rings (SSSR count). The number of aromatic nitrogens is 4. The first-order valence-electron chi connectivity index (χ1n) is 9.27. The highest BCUT2D eigenvalue weighted by Crippen LogP contribution is 2.19. The zero-order valence-corrected chi connectivity index (χ0v) is 16.7. The van der Waals surface area contributed by atoms with E-state index in [0.29, 0.717) is 41.6 Å². The molecule has 0 aliphatic carbocycles. The second-order valence-electron chi connectivity index (χ2n) is 6.62. The third-order valence-electron chi connectivity index (χ3n) is 4.56. The highest BCUT2D eigenvalue weighted by Gasteiger charge is 2.20. The van der Waals surface area contributed by atoms with Crippen LogP contribution in [0, 0.1) is 0 Å². The number of anilines is 1. The zero-order valence-electron chi connectivity index (χ0n) is 16.0. The zero-order chi connectivity index (χ0) is 20.3. The fourth-order valence-corrected chi connectivity index (χ4v) is 3.22. The Morgan fingerprint density at radius 2 is 1.89 bits per heavy atom. The van der Waals surface area contributed by atoms with E-state index in [2.05, 4.69) is 10.3 Å². The number of aliphatic hydroxyl groups is 1. The smallest absolute Gasteiger partial charge is 0.332 e. The molecule has 0 atom stereocenters. The Bertz CT molecular complexity index is 1080. The number of fused-ring (bicyclic) bond motifs is 1. The first-order chi connectivity index (χ1) is 13.5. The SMILES string of the molecule is CCCNc1nc2c(c(=O)n(CCCO)c(=O)n2C)n1Cc1ccc(Cl)cc1. The summed E-state index contributed by atoms with van der Waals surface area (Å²) in [7, 11) is 1.60. The molecule has 0 saturated carbocycles. The molecule has 0 amide bonds. The van der Waals surface area contributed by atoms with Crippen LogP contribution < -0.4 is 16.6 Å². The number of rotatable bonds is 8. The molecule has 0 aliphatic rings. The summed E-state index contributed by atoms with van der Waals surface area (Å²) in [6.07, 6.45) is 1.22. The lowest BCUT2D eigenvalue weighted by atomic mass is 10.2. The molecule has 150 valence electrons. The number of hydrogen-bond donors (Lipinski definition) is 2. The molecule has 0 fully saturated rings. The fourth-order valence-electron chi connectivity index (χ4n) is 3.10. The summed E-state index contributed by atoms with van der Waals surface area (Å²) in [5, 5.41) is 13.0. The standard InChI is InChI=1S/C19H24ClN5O3/c1-3-9-21-18-22-16-15(25(18)12-13-5-7-14(20)8-6-13)17(27)24(10-4-11-26)19(28)23(16)2/h5-8,26H,3-4,9-12H2,1-2H3,(H,21,22). The van der Waals surface area contributed by atoms with E-state index in [4.69, 9.17) is 16.7 Å². The van der Waals surface area contributed by atoms with Crippen molar-refractivity contribution in [2.45, 2.75) is 32.9 Å². The van der Waals surface area contributed by atoms with Crippen LogP contribution in [0.4, 0.5) is 5.95 Å². The summed E-state index contributed by atoms with van der Waals surface area (Å²) >= 11 is 5.98. The van der Waals surface area contributed by atoms with Crippen molar-refractivity contribution in [3.8, 4) is 0 Å². The Morgan fingerprint density at radius 1 is 1.18 bits per heavy atom. The molecule has 8 nitrogen and oxygen atoms in total. The molecule has 0 bridgehead atoms. The molecular weight excluding hydrogens is 382 g/mol. The van der Waals surface area contributed by atoms with Gasteiger partial charge in [0, 0.05) is 31.8 Å². The molecule has 0 unspecified atom stereocenters. The van der Waals surface area contributed by atoms with E-state index in [-0.39, 0.29) is 13.2 Å². The Kier molecular flexibility index (Phi) is 6.21. The van der Waals surface area contributed by atoms with Crippen LogP contribution in [0.25, 0.3) is 11.2 Å². The quantitative estimate of drug-likeness (QED) is 0.596. The fraction of sp³-hybridized carbons (Fsp3) is 0.421. The molecule has 0 spiro atoms. The third kappa shape index (κ3) is 3.83. The monoisotopic (exact) mass is 405 g/mol. The minimum absolute atomic E-state index is 0.0963. The van der Waals surface area contributed by atoms with Gasteiger partial charge in [-0.05, 0) is 30.5 Å². The van der Waals surface area contributed by atoms with Crippen molar-refractivity contribution in [3.63, 3.8) is 0 Å². The predicted octanol–water partition coefficient (Wildman–Crippen LogP) is 1.80. The van der Waals surface area contributed by atoms with Crippen LogP contribution >= 0.6 is 11.6 Å². The van der Waals surface area contributed by atoms with Crippen LogP contribution in [0.15, 0.2) is 33.9 Å². The summed E-state index contributed by atoms with van der Waals surface area (Å²) in [5.41, 5.74) is 0.802. The van der Waals surface area contributed by atoms with Crippen molar-refractivity contribution in [3.05, 3.63) is 55.7 Å². The normalized spacial score (nSPS) is 11.3.